The fraction of sp³-hybridized carbons (Fsp3) is 0.333. The molecule has 0 spiro atoms. The molecule has 0 fully saturated rings. The molecule has 9 nitrogen and oxygen atoms in total. The van der Waals surface area contributed by atoms with Crippen LogP contribution < -0.4 is 16.6 Å². The largest absolute Gasteiger partial charge is 0.508 e. The van der Waals surface area contributed by atoms with Gasteiger partial charge in [-0.3, -0.25) is 18.7 Å². The highest BCUT2D eigenvalue weighted by Crippen LogP contribution is 2.11. The summed E-state index contributed by atoms with van der Waals surface area (Å²) in [5, 5.41) is 12.4. The van der Waals surface area contributed by atoms with E-state index in [1.807, 2.05) is 0 Å². The minimum atomic E-state index is -0.434. The van der Waals surface area contributed by atoms with Crippen molar-refractivity contribution in [3.8, 4) is 5.75 Å². The molecule has 2 aromatic heterocycles. The van der Waals surface area contributed by atoms with Gasteiger partial charge in [-0.2, -0.15) is 0 Å². The zero-order chi connectivity index (χ0) is 19.7. The molecule has 2 N–H and O–H groups in total. The van der Waals surface area contributed by atoms with Crippen LogP contribution in [-0.4, -0.2) is 42.2 Å². The van der Waals surface area contributed by atoms with Gasteiger partial charge >= 0.3 is 5.69 Å². The average Bonchev–Trinajstić information content (AvgIpc) is 3.08. The van der Waals surface area contributed by atoms with Crippen LogP contribution in [0, 0.1) is 0 Å². The third-order valence-electron chi connectivity index (χ3n) is 4.57. The molecular weight excluding hydrogens is 386 g/mol. The Labute approximate surface area is 166 Å². The maximum Gasteiger partial charge on any atom is 0.332 e. The Morgan fingerprint density at radius 1 is 1.18 bits per heavy atom. The van der Waals surface area contributed by atoms with Crippen LogP contribution in [0.15, 0.2) is 40.2 Å². The second-order valence-corrected chi connectivity index (χ2v) is 6.40. The Morgan fingerprint density at radius 2 is 1.82 bits per heavy atom. The summed E-state index contributed by atoms with van der Waals surface area (Å²) in [5.41, 5.74) is 0.350. The number of aromatic hydroxyl groups is 1. The van der Waals surface area contributed by atoms with Gasteiger partial charge in [0, 0.05) is 32.7 Å². The number of benzene rings is 1. The summed E-state index contributed by atoms with van der Waals surface area (Å²) in [4.78, 5) is 40.9. The number of rotatable bonds is 6. The number of nitrogens with zero attached hydrogens (tertiary/aromatic N) is 4. The first kappa shape index (κ1) is 21.4. The molecule has 0 saturated carbocycles. The highest BCUT2D eigenvalue weighted by molar-refractivity contribution is 5.99. The second-order valence-electron chi connectivity index (χ2n) is 6.40. The molecule has 0 radical (unpaired) electrons. The molecule has 1 unspecified atom stereocenters. The molecule has 0 bridgehead atoms. The maximum atomic E-state index is 12.4. The van der Waals surface area contributed by atoms with Crippen molar-refractivity contribution in [2.45, 2.75) is 19.5 Å². The number of aromatic nitrogens is 4. The number of hydrogen-bond acceptors (Lipinski definition) is 6. The maximum absolute atomic E-state index is 12.4. The van der Waals surface area contributed by atoms with E-state index in [1.165, 1.54) is 30.1 Å². The summed E-state index contributed by atoms with van der Waals surface area (Å²) >= 11 is 0. The first-order valence-corrected chi connectivity index (χ1v) is 8.48. The van der Waals surface area contributed by atoms with E-state index < -0.39 is 17.3 Å². The number of phenols is 1. The van der Waals surface area contributed by atoms with Crippen molar-refractivity contribution in [2.24, 2.45) is 14.1 Å². The smallest absolute Gasteiger partial charge is 0.332 e. The minimum absolute atomic E-state index is 0. The fourth-order valence-electron chi connectivity index (χ4n) is 2.94. The Bertz CT molecular complexity index is 1110. The molecule has 10 heteroatoms. The number of fused-ring (bicyclic) bond motifs is 1. The van der Waals surface area contributed by atoms with E-state index >= 15 is 0 Å². The molecule has 2 heterocycles. The Morgan fingerprint density at radius 3 is 2.46 bits per heavy atom. The molecule has 0 aliphatic heterocycles. The fourth-order valence-corrected chi connectivity index (χ4v) is 2.94. The summed E-state index contributed by atoms with van der Waals surface area (Å²) < 4.78 is 4.05. The second kappa shape index (κ2) is 8.41. The summed E-state index contributed by atoms with van der Waals surface area (Å²) in [6.45, 7) is 2.60. The lowest BCUT2D eigenvalue weighted by molar-refractivity contribution is 0.0951. The predicted octanol–water partition coefficient (Wildman–Crippen LogP) is 0.422. The van der Waals surface area contributed by atoms with Crippen LogP contribution in [0.3, 0.4) is 0 Å². The number of imidazole rings is 1. The van der Waals surface area contributed by atoms with Gasteiger partial charge in [0.2, 0.25) is 0 Å². The van der Waals surface area contributed by atoms with Gasteiger partial charge in [-0.1, -0.05) is 0 Å². The first-order valence-electron chi connectivity index (χ1n) is 8.48. The Balaban J connectivity index is 0.00000280. The minimum Gasteiger partial charge on any atom is -0.508 e. The number of aryl methyl sites for hydroxylation is 1. The SMILES string of the molecule is CC(NCCn1cnc2c1c(=O)n(C)c(=O)n2C)C(=O)c1ccc(O)cc1.Cl. The molecule has 0 saturated heterocycles. The van der Waals surface area contributed by atoms with Crippen molar-refractivity contribution < 1.29 is 9.90 Å². The molecule has 3 rings (SSSR count). The number of carbonyl (C=O) groups is 1. The van der Waals surface area contributed by atoms with Crippen LogP contribution in [0.5, 0.6) is 5.75 Å². The Kier molecular flexibility index (Phi) is 6.42. The molecule has 0 amide bonds. The third-order valence-corrected chi connectivity index (χ3v) is 4.57. The van der Waals surface area contributed by atoms with Gasteiger partial charge in [0.15, 0.2) is 16.9 Å². The van der Waals surface area contributed by atoms with Crippen molar-refractivity contribution in [2.75, 3.05) is 6.54 Å². The molecule has 3 aromatic rings. The van der Waals surface area contributed by atoms with E-state index in [1.54, 1.807) is 30.7 Å². The van der Waals surface area contributed by atoms with E-state index in [0.29, 0.717) is 29.8 Å². The van der Waals surface area contributed by atoms with Gasteiger partial charge in [0.1, 0.15) is 5.75 Å². The highest BCUT2D eigenvalue weighted by atomic mass is 35.5. The Hall–Kier alpha value is -2.91. The van der Waals surface area contributed by atoms with Gasteiger partial charge in [0.25, 0.3) is 5.56 Å². The van der Waals surface area contributed by atoms with Crippen LogP contribution in [0.4, 0.5) is 0 Å². The monoisotopic (exact) mass is 407 g/mol. The van der Waals surface area contributed by atoms with Gasteiger partial charge in [-0.25, -0.2) is 9.78 Å². The topological polar surface area (TPSA) is 111 Å². The lowest BCUT2D eigenvalue weighted by atomic mass is 10.1. The molecule has 1 atom stereocenters. The van der Waals surface area contributed by atoms with E-state index in [0.717, 1.165) is 4.57 Å². The van der Waals surface area contributed by atoms with Crippen molar-refractivity contribution in [3.05, 3.63) is 57.0 Å². The highest BCUT2D eigenvalue weighted by Gasteiger charge is 2.16. The summed E-state index contributed by atoms with van der Waals surface area (Å²) in [7, 11) is 3.00. The number of hydrogen-bond donors (Lipinski definition) is 2. The van der Waals surface area contributed by atoms with E-state index in [4.69, 9.17) is 0 Å². The standard InChI is InChI=1S/C18H21N5O4.ClH/c1-11(15(25)12-4-6-13(24)7-5-12)19-8-9-23-10-20-16-14(23)17(26)22(3)18(27)21(16)2;/h4-7,10-11,19,24H,8-9H2,1-3H3;1H. The number of carbonyl (C=O) groups excluding carboxylic acids is 1. The number of Topliss-reactive ketones (excluding diaryl/α,β-unsaturated/α-hetero) is 1. The molecule has 28 heavy (non-hydrogen) atoms. The summed E-state index contributed by atoms with van der Waals surface area (Å²) in [6.07, 6.45) is 1.51. The van der Waals surface area contributed by atoms with Crippen LogP contribution >= 0.6 is 12.4 Å². The summed E-state index contributed by atoms with van der Waals surface area (Å²) in [5.74, 6) is 0.0129. The van der Waals surface area contributed by atoms with Crippen LogP contribution in [0.25, 0.3) is 11.2 Å². The van der Waals surface area contributed by atoms with E-state index in [2.05, 4.69) is 10.3 Å². The van der Waals surface area contributed by atoms with Crippen LogP contribution in [-0.2, 0) is 20.6 Å². The zero-order valence-electron chi connectivity index (χ0n) is 15.7. The normalized spacial score (nSPS) is 12.0. The number of phenolic OH excluding ortho intramolecular Hbond substituents is 1. The molecular formula is C18H22ClN5O4. The molecule has 1 aromatic carbocycles. The molecule has 150 valence electrons. The quantitative estimate of drug-likeness (QED) is 0.573. The predicted molar refractivity (Wildman–Crippen MR) is 107 cm³/mol. The van der Waals surface area contributed by atoms with E-state index in [-0.39, 0.29) is 23.9 Å². The van der Waals surface area contributed by atoms with Crippen molar-refractivity contribution in [1.29, 1.82) is 0 Å². The number of halogens is 1. The molecule has 0 aliphatic carbocycles. The van der Waals surface area contributed by atoms with Crippen molar-refractivity contribution in [3.63, 3.8) is 0 Å². The summed E-state index contributed by atoms with van der Waals surface area (Å²) in [6, 6.07) is 5.65. The van der Waals surface area contributed by atoms with Gasteiger partial charge in [0.05, 0.1) is 12.4 Å². The van der Waals surface area contributed by atoms with Crippen molar-refractivity contribution in [1.82, 2.24) is 24.0 Å². The molecule has 0 aliphatic rings. The number of ketones is 1. The first-order chi connectivity index (χ1) is 12.8. The van der Waals surface area contributed by atoms with Crippen LogP contribution in [0.1, 0.15) is 17.3 Å². The number of nitrogens with one attached hydrogen (secondary N) is 1. The van der Waals surface area contributed by atoms with E-state index in [9.17, 15) is 19.5 Å². The van der Waals surface area contributed by atoms with Crippen molar-refractivity contribution >= 4 is 29.4 Å². The van der Waals surface area contributed by atoms with Gasteiger partial charge in [-0.15, -0.1) is 12.4 Å². The lowest BCUT2D eigenvalue weighted by Crippen LogP contribution is -2.38. The van der Waals surface area contributed by atoms with Gasteiger partial charge in [-0.05, 0) is 31.2 Å². The van der Waals surface area contributed by atoms with Gasteiger partial charge < -0.3 is 15.0 Å². The third kappa shape index (κ3) is 3.85. The lowest BCUT2D eigenvalue weighted by Gasteiger charge is -2.13. The average molecular weight is 408 g/mol. The zero-order valence-corrected chi connectivity index (χ0v) is 16.6. The van der Waals surface area contributed by atoms with Crippen LogP contribution in [0.2, 0.25) is 0 Å².